The first-order valence-corrected chi connectivity index (χ1v) is 11.0. The number of hydrogen-bond donors (Lipinski definition) is 0. The van der Waals surface area contributed by atoms with Gasteiger partial charge in [-0.3, -0.25) is 0 Å². The Morgan fingerprint density at radius 2 is 1.64 bits per heavy atom. The van der Waals surface area contributed by atoms with Crippen LogP contribution in [-0.4, -0.2) is 0 Å². The highest BCUT2D eigenvalue weighted by atomic mass is 79.9. The van der Waals surface area contributed by atoms with Crippen LogP contribution in [0.2, 0.25) is 0 Å². The van der Waals surface area contributed by atoms with Crippen LogP contribution in [-0.2, 0) is 5.41 Å². The molecule has 3 aromatic carbocycles. The number of rotatable bonds is 1. The highest BCUT2D eigenvalue weighted by molar-refractivity contribution is 9.10. The topological polar surface area (TPSA) is 13.1 Å². The van der Waals surface area contributed by atoms with Gasteiger partial charge in [0.15, 0.2) is 0 Å². The lowest BCUT2D eigenvalue weighted by atomic mass is 9.81. The fourth-order valence-corrected chi connectivity index (χ4v) is 4.94. The van der Waals surface area contributed by atoms with Gasteiger partial charge in [-0.15, -0.1) is 0 Å². The molecule has 1 heterocycles. The Bertz CT molecular complexity index is 1190. The van der Waals surface area contributed by atoms with E-state index in [1.54, 1.807) is 0 Å². The number of fused-ring (bicyclic) bond motifs is 7. The molecule has 0 aliphatic heterocycles. The van der Waals surface area contributed by atoms with Crippen molar-refractivity contribution in [3.05, 3.63) is 69.7 Å². The monoisotopic (exact) mass is 434 g/mol. The molecule has 0 radical (unpaired) electrons. The Hall–Kier alpha value is -2.06. The normalized spacial score (nSPS) is 14.1. The summed E-state index contributed by atoms with van der Waals surface area (Å²) in [6, 6.07) is 17.6. The van der Waals surface area contributed by atoms with Gasteiger partial charge in [-0.2, -0.15) is 0 Å². The van der Waals surface area contributed by atoms with E-state index in [1.807, 2.05) is 19.9 Å². The number of para-hydroxylation sites is 1. The van der Waals surface area contributed by atoms with E-state index in [0.29, 0.717) is 5.92 Å². The second-order valence-corrected chi connectivity index (χ2v) is 9.02. The highest BCUT2D eigenvalue weighted by Crippen LogP contribution is 2.54. The van der Waals surface area contributed by atoms with Gasteiger partial charge < -0.3 is 4.42 Å². The van der Waals surface area contributed by atoms with E-state index in [2.05, 4.69) is 86.1 Å². The molecule has 0 spiro atoms. The molecule has 1 aromatic heterocycles. The summed E-state index contributed by atoms with van der Waals surface area (Å²) in [4.78, 5) is 0. The molecule has 1 nitrogen and oxygen atoms in total. The molecule has 0 atom stereocenters. The summed E-state index contributed by atoms with van der Waals surface area (Å²) >= 11 is 3.77. The van der Waals surface area contributed by atoms with Crippen LogP contribution >= 0.6 is 15.9 Å². The summed E-state index contributed by atoms with van der Waals surface area (Å²) in [6.45, 7) is 13.2. The van der Waals surface area contributed by atoms with Gasteiger partial charge in [-0.05, 0) is 61.8 Å². The molecule has 1 aliphatic carbocycles. The van der Waals surface area contributed by atoms with Crippen molar-refractivity contribution in [2.45, 2.75) is 52.9 Å². The standard InChI is InChI=1S/C24H21BrO.C2H6/c1-13(2)14-9-10-15-17(11-14)24(3,4)18-12-19(25)23-22(21(15)18)16-7-5-6-8-20(16)26-23;1-2/h5-13H,1-4H3;1-2H3. The third kappa shape index (κ3) is 2.58. The van der Waals surface area contributed by atoms with Crippen LogP contribution in [0.25, 0.3) is 33.1 Å². The van der Waals surface area contributed by atoms with Crippen LogP contribution in [0.1, 0.15) is 64.2 Å². The number of furan rings is 1. The first-order valence-electron chi connectivity index (χ1n) is 10.2. The number of hydrogen-bond acceptors (Lipinski definition) is 1. The van der Waals surface area contributed by atoms with Gasteiger partial charge in [0.05, 0.1) is 4.47 Å². The Labute approximate surface area is 175 Å². The Kier molecular flexibility index (Phi) is 4.66. The van der Waals surface area contributed by atoms with Gasteiger partial charge >= 0.3 is 0 Å². The van der Waals surface area contributed by atoms with Crippen LogP contribution in [0.5, 0.6) is 0 Å². The lowest BCUT2D eigenvalue weighted by molar-refractivity contribution is 0.653. The maximum Gasteiger partial charge on any atom is 0.150 e. The number of halogens is 1. The van der Waals surface area contributed by atoms with E-state index in [-0.39, 0.29) is 5.41 Å². The van der Waals surface area contributed by atoms with E-state index in [0.717, 1.165) is 15.6 Å². The molecule has 0 fully saturated rings. The van der Waals surface area contributed by atoms with Crippen molar-refractivity contribution < 1.29 is 4.42 Å². The Balaban J connectivity index is 0.000000932. The summed E-state index contributed by atoms with van der Waals surface area (Å²) in [7, 11) is 0. The summed E-state index contributed by atoms with van der Waals surface area (Å²) < 4.78 is 7.24. The van der Waals surface area contributed by atoms with Gasteiger partial charge in [0.25, 0.3) is 0 Å². The molecule has 144 valence electrons. The highest BCUT2D eigenvalue weighted by Gasteiger charge is 2.38. The SMILES string of the molecule is CC.CC(C)c1ccc2c(c1)C(C)(C)c1cc(Br)c3oc4ccccc4c3c1-2. The fourth-order valence-electron chi connectivity index (χ4n) is 4.43. The van der Waals surface area contributed by atoms with Crippen molar-refractivity contribution in [2.75, 3.05) is 0 Å². The van der Waals surface area contributed by atoms with Gasteiger partial charge in [-0.25, -0.2) is 0 Å². The minimum absolute atomic E-state index is 0.0232. The maximum atomic E-state index is 6.21. The molecular formula is C26H27BrO. The van der Waals surface area contributed by atoms with E-state index >= 15 is 0 Å². The quantitative estimate of drug-likeness (QED) is 0.291. The van der Waals surface area contributed by atoms with Crippen LogP contribution in [0, 0.1) is 0 Å². The lowest BCUT2D eigenvalue weighted by Gasteiger charge is -2.22. The Morgan fingerprint density at radius 1 is 0.929 bits per heavy atom. The molecule has 0 amide bonds. The molecule has 0 N–H and O–H groups in total. The van der Waals surface area contributed by atoms with Crippen molar-refractivity contribution in [3.8, 4) is 11.1 Å². The zero-order valence-corrected chi connectivity index (χ0v) is 19.1. The first kappa shape index (κ1) is 19.3. The predicted octanol–water partition coefficient (Wildman–Crippen LogP) is 8.80. The molecule has 1 aliphatic rings. The molecule has 28 heavy (non-hydrogen) atoms. The molecule has 5 rings (SSSR count). The second-order valence-electron chi connectivity index (χ2n) is 8.17. The van der Waals surface area contributed by atoms with E-state index in [1.165, 1.54) is 38.6 Å². The predicted molar refractivity (Wildman–Crippen MR) is 124 cm³/mol. The smallest absolute Gasteiger partial charge is 0.150 e. The molecule has 0 bridgehead atoms. The summed E-state index contributed by atoms with van der Waals surface area (Å²) in [6.07, 6.45) is 0. The van der Waals surface area contributed by atoms with E-state index in [9.17, 15) is 0 Å². The summed E-state index contributed by atoms with van der Waals surface area (Å²) in [5.41, 5.74) is 8.75. The molecular weight excluding hydrogens is 408 g/mol. The average Bonchev–Trinajstić information content (AvgIpc) is 3.18. The van der Waals surface area contributed by atoms with Crippen molar-refractivity contribution >= 4 is 37.9 Å². The maximum absolute atomic E-state index is 6.21. The molecule has 0 unspecified atom stereocenters. The van der Waals surface area contributed by atoms with Crippen molar-refractivity contribution in [3.63, 3.8) is 0 Å². The average molecular weight is 435 g/mol. The lowest BCUT2D eigenvalue weighted by Crippen LogP contribution is -2.15. The molecule has 4 aromatic rings. The van der Waals surface area contributed by atoms with Gasteiger partial charge in [0.2, 0.25) is 0 Å². The van der Waals surface area contributed by atoms with E-state index in [4.69, 9.17) is 4.42 Å². The molecule has 0 saturated heterocycles. The van der Waals surface area contributed by atoms with E-state index < -0.39 is 0 Å². The minimum Gasteiger partial charge on any atom is -0.455 e. The third-order valence-electron chi connectivity index (χ3n) is 5.93. The van der Waals surface area contributed by atoms with Crippen molar-refractivity contribution in [1.29, 1.82) is 0 Å². The van der Waals surface area contributed by atoms with Crippen LogP contribution in [0.3, 0.4) is 0 Å². The van der Waals surface area contributed by atoms with Crippen LogP contribution in [0.4, 0.5) is 0 Å². The third-order valence-corrected chi connectivity index (χ3v) is 6.52. The largest absolute Gasteiger partial charge is 0.455 e. The van der Waals surface area contributed by atoms with Crippen molar-refractivity contribution in [1.82, 2.24) is 0 Å². The zero-order valence-electron chi connectivity index (χ0n) is 17.5. The fraction of sp³-hybridized carbons (Fsp3) is 0.308. The van der Waals surface area contributed by atoms with Crippen molar-refractivity contribution in [2.24, 2.45) is 0 Å². The van der Waals surface area contributed by atoms with Crippen LogP contribution < -0.4 is 0 Å². The Morgan fingerprint density at radius 3 is 2.36 bits per heavy atom. The first-order chi connectivity index (χ1) is 13.4. The summed E-state index contributed by atoms with van der Waals surface area (Å²) in [5, 5.41) is 2.42. The summed E-state index contributed by atoms with van der Waals surface area (Å²) in [5.74, 6) is 0.529. The van der Waals surface area contributed by atoms with Gasteiger partial charge in [-0.1, -0.05) is 77.9 Å². The van der Waals surface area contributed by atoms with Gasteiger partial charge in [0, 0.05) is 16.2 Å². The number of benzene rings is 3. The zero-order chi connectivity index (χ0) is 20.2. The second kappa shape index (κ2) is 6.77. The van der Waals surface area contributed by atoms with Gasteiger partial charge in [0.1, 0.15) is 11.2 Å². The molecule has 2 heteroatoms. The minimum atomic E-state index is -0.0232. The molecule has 0 saturated carbocycles. The van der Waals surface area contributed by atoms with Crippen LogP contribution in [0.15, 0.2) is 57.4 Å².